The summed E-state index contributed by atoms with van der Waals surface area (Å²) in [5, 5.41) is 1.90. The summed E-state index contributed by atoms with van der Waals surface area (Å²) in [6.07, 6.45) is 0.200. The number of amides is 2. The van der Waals surface area contributed by atoms with Gasteiger partial charge in [0.15, 0.2) is 6.23 Å². The lowest BCUT2D eigenvalue weighted by Gasteiger charge is -2.23. The Kier molecular flexibility index (Phi) is 4.77. The number of ether oxygens (including phenoxy) is 1. The van der Waals surface area contributed by atoms with E-state index < -0.39 is 24.4 Å². The smallest absolute Gasteiger partial charge is 0.251 e. The summed E-state index contributed by atoms with van der Waals surface area (Å²) in [6.45, 7) is 0. The number of nitrogens with zero attached hydrogens (tertiary/aromatic N) is 1. The molecule has 3 unspecified atom stereocenters. The van der Waals surface area contributed by atoms with E-state index in [0.717, 1.165) is 6.08 Å². The maximum absolute atomic E-state index is 13.4. The molecule has 3 atom stereocenters. The van der Waals surface area contributed by atoms with Crippen molar-refractivity contribution < 1.29 is 23.5 Å². The molecule has 1 N–H and O–H groups in total. The zero-order valence-corrected chi connectivity index (χ0v) is 9.21. The fourth-order valence-corrected chi connectivity index (χ4v) is 1.47. The summed E-state index contributed by atoms with van der Waals surface area (Å²) >= 11 is 0. The molecule has 7 heteroatoms. The Morgan fingerprint density at radius 2 is 2.24 bits per heavy atom. The lowest BCUT2D eigenvalue weighted by Crippen LogP contribution is -2.34. The molecule has 0 spiro atoms. The number of alkyl halides is 1. The molecule has 0 radical (unpaired) electrons. The van der Waals surface area contributed by atoms with E-state index in [9.17, 15) is 18.8 Å². The summed E-state index contributed by atoms with van der Waals surface area (Å²) < 4.78 is 18.5. The van der Waals surface area contributed by atoms with Gasteiger partial charge in [-0.2, -0.15) is 0 Å². The number of rotatable bonds is 5. The summed E-state index contributed by atoms with van der Waals surface area (Å²) in [5.41, 5.74) is 0. The normalized spacial score (nSPS) is 28.0. The van der Waals surface area contributed by atoms with E-state index in [2.05, 4.69) is 0 Å². The van der Waals surface area contributed by atoms with Gasteiger partial charge in [0.1, 0.15) is 18.6 Å². The second-order valence-corrected chi connectivity index (χ2v) is 3.56. The van der Waals surface area contributed by atoms with Crippen molar-refractivity contribution in [1.82, 2.24) is 10.2 Å². The van der Waals surface area contributed by atoms with E-state index in [-0.39, 0.29) is 12.8 Å². The first-order valence-corrected chi connectivity index (χ1v) is 4.97. The van der Waals surface area contributed by atoms with Gasteiger partial charge in [-0.3, -0.25) is 14.9 Å². The van der Waals surface area contributed by atoms with Crippen LogP contribution in [0, 0.1) is 0 Å². The number of hydrogen-bond donors (Lipinski definition) is 1. The number of imide groups is 1. The number of halogens is 1. The van der Waals surface area contributed by atoms with Gasteiger partial charge in [-0.05, 0) is 0 Å². The maximum atomic E-state index is 13.4. The van der Waals surface area contributed by atoms with Gasteiger partial charge in [0.2, 0.25) is 6.41 Å². The topological polar surface area (TPSA) is 75.7 Å². The molecule has 1 fully saturated rings. The van der Waals surface area contributed by atoms with Crippen molar-refractivity contribution in [2.75, 3.05) is 7.05 Å². The van der Waals surface area contributed by atoms with Crippen molar-refractivity contribution in [3.05, 3.63) is 12.3 Å². The summed E-state index contributed by atoms with van der Waals surface area (Å²) in [5.74, 6) is -0.618. The van der Waals surface area contributed by atoms with Gasteiger partial charge in [0, 0.05) is 25.7 Å². The molecule has 0 aromatic heterocycles. The third-order valence-corrected chi connectivity index (χ3v) is 2.30. The molecule has 0 bridgehead atoms. The van der Waals surface area contributed by atoms with Crippen molar-refractivity contribution >= 4 is 18.6 Å². The highest BCUT2D eigenvalue weighted by atomic mass is 19.1. The highest BCUT2D eigenvalue weighted by Crippen LogP contribution is 2.24. The molecule has 1 aliphatic rings. The average molecular weight is 244 g/mol. The maximum Gasteiger partial charge on any atom is 0.251 e. The highest BCUT2D eigenvalue weighted by Gasteiger charge is 2.36. The molecule has 0 saturated carbocycles. The van der Waals surface area contributed by atoms with Crippen LogP contribution in [-0.2, 0) is 19.1 Å². The Hall–Kier alpha value is -1.76. The van der Waals surface area contributed by atoms with Gasteiger partial charge in [-0.1, -0.05) is 0 Å². The van der Waals surface area contributed by atoms with E-state index in [4.69, 9.17) is 4.74 Å². The van der Waals surface area contributed by atoms with E-state index >= 15 is 0 Å². The van der Waals surface area contributed by atoms with Gasteiger partial charge in [-0.25, -0.2) is 4.39 Å². The molecule has 0 aliphatic carbocycles. The molecule has 94 valence electrons. The minimum Gasteiger partial charge on any atom is -0.353 e. The molecule has 1 saturated heterocycles. The predicted octanol–water partition coefficient (Wildman–Crippen LogP) is -0.643. The number of carbonyl (C=O) groups is 3. The van der Waals surface area contributed by atoms with Crippen LogP contribution in [0.5, 0.6) is 0 Å². The average Bonchev–Trinajstić information content (AvgIpc) is 2.68. The second kappa shape index (κ2) is 6.09. The van der Waals surface area contributed by atoms with E-state index in [1.807, 2.05) is 5.32 Å². The fraction of sp³-hybridized carbons (Fsp3) is 0.500. The molecule has 6 nitrogen and oxygen atoms in total. The summed E-state index contributed by atoms with van der Waals surface area (Å²) in [7, 11) is 1.51. The van der Waals surface area contributed by atoms with Crippen molar-refractivity contribution in [2.45, 2.75) is 24.9 Å². The SMILES string of the molecule is CN(/C=C\C(=O)NC=O)C1OC(C=O)CC1F. The predicted molar refractivity (Wildman–Crippen MR) is 55.3 cm³/mol. The first-order valence-electron chi connectivity index (χ1n) is 4.97. The van der Waals surface area contributed by atoms with Crippen LogP contribution in [-0.4, -0.2) is 49.1 Å². The van der Waals surface area contributed by atoms with Crippen LogP contribution in [0.15, 0.2) is 12.3 Å². The minimum atomic E-state index is -1.30. The third kappa shape index (κ3) is 3.63. The van der Waals surface area contributed by atoms with Crippen LogP contribution in [0.2, 0.25) is 0 Å². The van der Waals surface area contributed by atoms with Crippen LogP contribution < -0.4 is 5.32 Å². The Morgan fingerprint density at radius 3 is 2.76 bits per heavy atom. The molecule has 0 aromatic rings. The lowest BCUT2D eigenvalue weighted by molar-refractivity contribution is -0.123. The third-order valence-electron chi connectivity index (χ3n) is 2.30. The van der Waals surface area contributed by atoms with E-state index in [0.29, 0.717) is 6.29 Å². The minimum absolute atomic E-state index is 0.00683. The molecule has 2 amide bonds. The number of nitrogens with one attached hydrogen (secondary N) is 1. The summed E-state index contributed by atoms with van der Waals surface area (Å²) in [6, 6.07) is 0. The van der Waals surface area contributed by atoms with Crippen molar-refractivity contribution in [3.63, 3.8) is 0 Å². The van der Waals surface area contributed by atoms with E-state index in [1.165, 1.54) is 18.1 Å². The second-order valence-electron chi connectivity index (χ2n) is 3.56. The van der Waals surface area contributed by atoms with Gasteiger partial charge in [-0.15, -0.1) is 0 Å². The van der Waals surface area contributed by atoms with Crippen LogP contribution in [0.25, 0.3) is 0 Å². The largest absolute Gasteiger partial charge is 0.353 e. The molecule has 1 rings (SSSR count). The molecular weight excluding hydrogens is 231 g/mol. The molecule has 17 heavy (non-hydrogen) atoms. The zero-order valence-electron chi connectivity index (χ0n) is 9.21. The number of carbonyl (C=O) groups excluding carboxylic acids is 3. The van der Waals surface area contributed by atoms with E-state index in [1.54, 1.807) is 0 Å². The Labute approximate surface area is 97.4 Å². The Balaban J connectivity index is 2.52. The van der Waals surface area contributed by atoms with Crippen LogP contribution in [0.4, 0.5) is 4.39 Å². The quantitative estimate of drug-likeness (QED) is 0.514. The van der Waals surface area contributed by atoms with Gasteiger partial charge in [0.25, 0.3) is 5.91 Å². The van der Waals surface area contributed by atoms with Crippen molar-refractivity contribution in [1.29, 1.82) is 0 Å². The number of aldehydes is 1. The van der Waals surface area contributed by atoms with Crippen LogP contribution in [0.3, 0.4) is 0 Å². The van der Waals surface area contributed by atoms with Crippen LogP contribution in [0.1, 0.15) is 6.42 Å². The summed E-state index contributed by atoms with van der Waals surface area (Å²) in [4.78, 5) is 32.6. The highest BCUT2D eigenvalue weighted by molar-refractivity contribution is 5.94. The molecule has 1 heterocycles. The lowest BCUT2D eigenvalue weighted by atomic mass is 10.2. The Bertz CT molecular complexity index is 334. The van der Waals surface area contributed by atoms with Crippen molar-refractivity contribution in [2.24, 2.45) is 0 Å². The molecule has 1 aliphatic heterocycles. The molecule has 0 aromatic carbocycles. The number of hydrogen-bond acceptors (Lipinski definition) is 5. The standard InChI is InChI=1S/C10H13FN2O4/c1-13(3-2-9(16)12-6-15)10-8(11)4-7(5-14)17-10/h2-3,5-8,10H,4H2,1H3,(H,12,15,16)/b3-2-. The fourth-order valence-electron chi connectivity index (χ4n) is 1.47. The monoisotopic (exact) mass is 244 g/mol. The van der Waals surface area contributed by atoms with Crippen molar-refractivity contribution in [3.8, 4) is 0 Å². The van der Waals surface area contributed by atoms with Gasteiger partial charge < -0.3 is 14.4 Å². The van der Waals surface area contributed by atoms with Gasteiger partial charge >= 0.3 is 0 Å². The first-order chi connectivity index (χ1) is 8.08. The van der Waals surface area contributed by atoms with Gasteiger partial charge in [0.05, 0.1) is 0 Å². The zero-order chi connectivity index (χ0) is 12.8. The van der Waals surface area contributed by atoms with Crippen LogP contribution >= 0.6 is 0 Å². The Morgan fingerprint density at radius 1 is 1.53 bits per heavy atom. The molecular formula is C10H13FN2O4. The first kappa shape index (κ1) is 13.3.